The molecule has 2 atom stereocenters. The summed E-state index contributed by atoms with van der Waals surface area (Å²) in [5.74, 6) is 1.91. The zero-order valence-corrected chi connectivity index (χ0v) is 15.2. The minimum Gasteiger partial charge on any atom is -0.355 e. The van der Waals surface area contributed by atoms with Crippen molar-refractivity contribution < 1.29 is 9.59 Å². The SMILES string of the molecule is CCC1CN(C(=O)NC(C)C)CCC1CC(=O)NCCSC. The van der Waals surface area contributed by atoms with Crippen LogP contribution in [0.25, 0.3) is 0 Å². The smallest absolute Gasteiger partial charge is 0.317 e. The van der Waals surface area contributed by atoms with Crippen molar-refractivity contribution in [3.05, 3.63) is 0 Å². The van der Waals surface area contributed by atoms with Gasteiger partial charge in [0.15, 0.2) is 0 Å². The lowest BCUT2D eigenvalue weighted by Crippen LogP contribution is -2.50. The molecule has 2 unspecified atom stereocenters. The fourth-order valence-corrected chi connectivity index (χ4v) is 3.24. The number of hydrogen-bond donors (Lipinski definition) is 2. The maximum absolute atomic E-state index is 12.1. The Bertz CT molecular complexity index is 363. The van der Waals surface area contributed by atoms with E-state index in [-0.39, 0.29) is 18.0 Å². The standard InChI is InChI=1S/C16H31N3O2S/c1-5-13-11-19(16(21)18-12(2)3)8-6-14(13)10-15(20)17-7-9-22-4/h12-14H,5-11H2,1-4H3,(H,17,20)(H,18,21). The highest BCUT2D eigenvalue weighted by atomic mass is 32.2. The quantitative estimate of drug-likeness (QED) is 0.705. The summed E-state index contributed by atoms with van der Waals surface area (Å²) >= 11 is 1.74. The Morgan fingerprint density at radius 3 is 2.64 bits per heavy atom. The van der Waals surface area contributed by atoms with Crippen molar-refractivity contribution in [3.8, 4) is 0 Å². The first-order valence-corrected chi connectivity index (χ1v) is 9.68. The zero-order valence-electron chi connectivity index (χ0n) is 14.4. The van der Waals surface area contributed by atoms with Crippen LogP contribution in [0.4, 0.5) is 4.79 Å². The summed E-state index contributed by atoms with van der Waals surface area (Å²) in [6.07, 6.45) is 4.55. The molecule has 1 fully saturated rings. The van der Waals surface area contributed by atoms with Gasteiger partial charge in [0.25, 0.3) is 0 Å². The molecule has 1 rings (SSSR count). The molecule has 0 aromatic rings. The van der Waals surface area contributed by atoms with E-state index in [1.807, 2.05) is 25.0 Å². The fraction of sp³-hybridized carbons (Fsp3) is 0.875. The van der Waals surface area contributed by atoms with Crippen molar-refractivity contribution in [2.75, 3.05) is 31.6 Å². The monoisotopic (exact) mass is 329 g/mol. The number of thioether (sulfide) groups is 1. The largest absolute Gasteiger partial charge is 0.355 e. The molecular weight excluding hydrogens is 298 g/mol. The lowest BCUT2D eigenvalue weighted by Gasteiger charge is -2.38. The van der Waals surface area contributed by atoms with Crippen LogP contribution in [-0.4, -0.2) is 54.5 Å². The van der Waals surface area contributed by atoms with Crippen molar-refractivity contribution >= 4 is 23.7 Å². The summed E-state index contributed by atoms with van der Waals surface area (Å²) in [5.41, 5.74) is 0. The minimum atomic E-state index is 0.0244. The first kappa shape index (κ1) is 19.1. The summed E-state index contributed by atoms with van der Waals surface area (Å²) < 4.78 is 0. The van der Waals surface area contributed by atoms with E-state index in [1.165, 1.54) is 0 Å². The van der Waals surface area contributed by atoms with Crippen molar-refractivity contribution in [2.45, 2.75) is 46.1 Å². The van der Waals surface area contributed by atoms with E-state index in [2.05, 4.69) is 17.6 Å². The lowest BCUT2D eigenvalue weighted by atomic mass is 9.81. The molecule has 0 aliphatic carbocycles. The van der Waals surface area contributed by atoms with Crippen LogP contribution in [0.2, 0.25) is 0 Å². The van der Waals surface area contributed by atoms with Gasteiger partial charge < -0.3 is 15.5 Å². The van der Waals surface area contributed by atoms with Crippen LogP contribution in [0, 0.1) is 11.8 Å². The molecule has 128 valence electrons. The molecule has 1 heterocycles. The first-order chi connectivity index (χ1) is 10.5. The lowest BCUT2D eigenvalue weighted by molar-refractivity contribution is -0.122. The molecule has 6 heteroatoms. The van der Waals surface area contributed by atoms with Crippen molar-refractivity contribution in [2.24, 2.45) is 11.8 Å². The molecule has 1 saturated heterocycles. The molecule has 0 spiro atoms. The number of amides is 3. The molecule has 5 nitrogen and oxygen atoms in total. The van der Waals surface area contributed by atoms with Gasteiger partial charge in [-0.25, -0.2) is 4.79 Å². The summed E-state index contributed by atoms with van der Waals surface area (Å²) in [4.78, 5) is 26.0. The van der Waals surface area contributed by atoms with Gasteiger partial charge in [0.1, 0.15) is 0 Å². The van der Waals surface area contributed by atoms with Gasteiger partial charge in [-0.1, -0.05) is 13.3 Å². The fourth-order valence-electron chi connectivity index (χ4n) is 2.94. The number of hydrogen-bond acceptors (Lipinski definition) is 3. The summed E-state index contributed by atoms with van der Waals surface area (Å²) in [5, 5.41) is 5.94. The second-order valence-electron chi connectivity index (χ2n) is 6.31. The molecule has 0 bridgehead atoms. The number of piperidine rings is 1. The molecule has 0 aromatic carbocycles. The molecule has 0 aromatic heterocycles. The third-order valence-corrected chi connectivity index (χ3v) is 4.80. The Hall–Kier alpha value is -0.910. The molecule has 22 heavy (non-hydrogen) atoms. The molecule has 0 radical (unpaired) electrons. The van der Waals surface area contributed by atoms with Crippen LogP contribution in [0.5, 0.6) is 0 Å². The van der Waals surface area contributed by atoms with Crippen LogP contribution in [0.3, 0.4) is 0 Å². The van der Waals surface area contributed by atoms with Crippen molar-refractivity contribution in [1.82, 2.24) is 15.5 Å². The van der Waals surface area contributed by atoms with Gasteiger partial charge in [0.05, 0.1) is 0 Å². The summed E-state index contributed by atoms with van der Waals surface area (Å²) in [6, 6.07) is 0.184. The summed E-state index contributed by atoms with van der Waals surface area (Å²) in [7, 11) is 0. The number of nitrogens with one attached hydrogen (secondary N) is 2. The van der Waals surface area contributed by atoms with E-state index in [9.17, 15) is 9.59 Å². The van der Waals surface area contributed by atoms with Gasteiger partial charge in [-0.05, 0) is 38.4 Å². The van der Waals surface area contributed by atoms with E-state index < -0.39 is 0 Å². The Morgan fingerprint density at radius 1 is 1.32 bits per heavy atom. The maximum atomic E-state index is 12.1. The number of rotatable bonds is 7. The van der Waals surface area contributed by atoms with Gasteiger partial charge in [0, 0.05) is 37.8 Å². The molecule has 2 N–H and O–H groups in total. The van der Waals surface area contributed by atoms with Crippen LogP contribution in [0.1, 0.15) is 40.0 Å². The molecule has 3 amide bonds. The predicted octanol–water partition coefficient (Wildman–Crippen LogP) is 2.32. The number of carbonyl (C=O) groups excluding carboxylic acids is 2. The van der Waals surface area contributed by atoms with Gasteiger partial charge >= 0.3 is 6.03 Å². The number of urea groups is 1. The third-order valence-electron chi connectivity index (χ3n) is 4.19. The average Bonchev–Trinajstić information content (AvgIpc) is 2.47. The number of carbonyl (C=O) groups is 2. The zero-order chi connectivity index (χ0) is 16.5. The molecular formula is C16H31N3O2S. The Labute approximate surface area is 139 Å². The average molecular weight is 330 g/mol. The summed E-state index contributed by atoms with van der Waals surface area (Å²) in [6.45, 7) is 8.34. The van der Waals surface area contributed by atoms with E-state index in [1.54, 1.807) is 11.8 Å². The van der Waals surface area contributed by atoms with Crippen LogP contribution >= 0.6 is 11.8 Å². The van der Waals surface area contributed by atoms with Crippen LogP contribution < -0.4 is 10.6 Å². The highest BCUT2D eigenvalue weighted by molar-refractivity contribution is 7.98. The van der Waals surface area contributed by atoms with E-state index in [0.29, 0.717) is 18.3 Å². The van der Waals surface area contributed by atoms with E-state index in [0.717, 1.165) is 38.2 Å². The van der Waals surface area contributed by atoms with Gasteiger partial charge in [0.2, 0.25) is 5.91 Å². The van der Waals surface area contributed by atoms with Crippen LogP contribution in [0.15, 0.2) is 0 Å². The Balaban J connectivity index is 2.45. The topological polar surface area (TPSA) is 61.4 Å². The number of nitrogens with zero attached hydrogens (tertiary/aromatic N) is 1. The van der Waals surface area contributed by atoms with E-state index in [4.69, 9.17) is 0 Å². The highest BCUT2D eigenvalue weighted by Crippen LogP contribution is 2.29. The minimum absolute atomic E-state index is 0.0244. The Morgan fingerprint density at radius 2 is 2.05 bits per heavy atom. The maximum Gasteiger partial charge on any atom is 0.317 e. The van der Waals surface area contributed by atoms with Crippen molar-refractivity contribution in [1.29, 1.82) is 0 Å². The van der Waals surface area contributed by atoms with E-state index >= 15 is 0 Å². The van der Waals surface area contributed by atoms with Crippen LogP contribution in [-0.2, 0) is 4.79 Å². The van der Waals surface area contributed by atoms with Gasteiger partial charge in [-0.15, -0.1) is 0 Å². The predicted molar refractivity (Wildman–Crippen MR) is 93.1 cm³/mol. The Kier molecular flexibility index (Phi) is 8.68. The highest BCUT2D eigenvalue weighted by Gasteiger charge is 2.31. The second-order valence-corrected chi connectivity index (χ2v) is 7.30. The normalized spacial score (nSPS) is 21.8. The molecule has 1 aliphatic heterocycles. The van der Waals surface area contributed by atoms with Gasteiger partial charge in [-0.3, -0.25) is 4.79 Å². The third kappa shape index (κ3) is 6.46. The van der Waals surface area contributed by atoms with Gasteiger partial charge in [-0.2, -0.15) is 11.8 Å². The second kappa shape index (κ2) is 9.98. The molecule has 1 aliphatic rings. The molecule has 0 saturated carbocycles. The first-order valence-electron chi connectivity index (χ1n) is 8.29. The number of likely N-dealkylation sites (tertiary alicyclic amines) is 1. The van der Waals surface area contributed by atoms with Crippen molar-refractivity contribution in [3.63, 3.8) is 0 Å².